The van der Waals surface area contributed by atoms with Crippen LogP contribution in [-0.2, 0) is 120 Å². The number of nitrogens with one attached hydrogen (secondary N) is 10. The number of halogens is 2. The minimum Gasteiger partial charge on any atom is -0.508 e. The second-order valence-corrected chi connectivity index (χ2v) is 35.6. The maximum atomic E-state index is 15.8. The zero-order valence-corrected chi connectivity index (χ0v) is 77.2. The molecule has 0 aliphatic carbocycles. The van der Waals surface area contributed by atoms with Crippen molar-refractivity contribution in [2.24, 2.45) is 17.4 Å². The summed E-state index contributed by atoms with van der Waals surface area (Å²) in [6, 6.07) is 14.8. The van der Waals surface area contributed by atoms with Gasteiger partial charge < -0.3 is 119 Å². The maximum Gasteiger partial charge on any atom is 0.305 e. The van der Waals surface area contributed by atoms with E-state index in [1.165, 1.54) is 90.6 Å². The molecule has 3 aliphatic rings. The molecular weight excluding hydrogens is 1800 g/mol. The first-order valence-corrected chi connectivity index (χ1v) is 45.8. The molecule has 0 saturated carbocycles. The Kier molecular flexibility index (Phi) is 38.0. The number of thioether (sulfide) groups is 1. The number of methoxy groups -OCH3 is 1. The largest absolute Gasteiger partial charge is 0.508 e. The van der Waals surface area contributed by atoms with Gasteiger partial charge in [-0.25, -0.2) is 8.78 Å². The van der Waals surface area contributed by atoms with Gasteiger partial charge >= 0.3 is 5.97 Å². The van der Waals surface area contributed by atoms with E-state index in [1.807, 2.05) is 0 Å². The van der Waals surface area contributed by atoms with Gasteiger partial charge in [-0.15, -0.1) is 11.8 Å². The molecule has 42 heteroatoms. The lowest BCUT2D eigenvalue weighted by Crippen LogP contribution is -2.62. The van der Waals surface area contributed by atoms with Crippen LogP contribution in [0.4, 0.5) is 8.78 Å². The van der Waals surface area contributed by atoms with Crippen molar-refractivity contribution < 1.29 is 116 Å². The molecule has 734 valence electrons. The third-order valence-electron chi connectivity index (χ3n) is 24.1. The molecular formula is C95H117F2N17O22S. The van der Waals surface area contributed by atoms with Gasteiger partial charge in [0.05, 0.1) is 30.9 Å². The van der Waals surface area contributed by atoms with Crippen molar-refractivity contribution in [3.63, 3.8) is 0 Å². The number of carbonyl (C=O) groups is 16. The summed E-state index contributed by atoms with van der Waals surface area (Å²) >= 11 is 0.681. The Bertz CT molecular complexity index is 5480. The Morgan fingerprint density at radius 2 is 0.985 bits per heavy atom. The topological polar surface area (TPSA) is 576 Å². The normalized spacial score (nSPS) is 24.3. The number of amides is 15. The monoisotopic (exact) mass is 1920 g/mol. The molecule has 19 N–H and O–H groups in total. The molecule has 4 heterocycles. The number of benzene rings is 6. The minimum atomic E-state index is -2.06. The third kappa shape index (κ3) is 29.0. The number of ether oxygens (including phenoxy) is 1. The van der Waals surface area contributed by atoms with Crippen LogP contribution in [0, 0.1) is 17.6 Å². The number of nitrogens with zero attached hydrogens (tertiary/aromatic N) is 5. The fourth-order valence-electron chi connectivity index (χ4n) is 16.7. The standard InChI is InChI=1S/C95H117F2N17O22S/c1-52(2)82-95(135)111(4)75(40-53-16-9-7-10-17-53)88(128)107-72(38-56-25-30-60(116)31-26-56)92(132)113-48-61(117)43-76(113)89(129)105-69(42-58-46-100-66-21-14-13-20-63(58)66)86(126)104-68(37-55-23-28-59(115)29-24-55)85(125)103-67(22-15-34-98)84(124)108-73(83(123)101-47-79(99)119)50-137-51-80(120)102-71(39-57-27-32-64(96)65(97)36-57)91(131)112(5)78(41-54-18-11-8-12-19-54)93(133)110(3)74(33-35-136-6)94(134)114-49-62(118)44-77(114)90(130)106-70(45-81(121)122)87(127)109-82/h7-14,16-21,23-32,36,46,52,61-62,67-78,82,100,115-118H,15,22,33-35,37-45,47-51,98H2,1-6H3,(H2,99,119)(H,101,123)(H,102,120)(H,103,125)(H,104,126)(H,105,129)(H,106,130)(H,107,128)(H,108,124)(H,109,127)(H,121,122)/t61-,62-,67-,68-,69-,70-,71-,72-,73-,74-,75-,76+,77+,78-,82-/m0/s1. The van der Waals surface area contributed by atoms with E-state index < -0.39 is 266 Å². The van der Waals surface area contributed by atoms with Crippen LogP contribution in [0.15, 0.2) is 158 Å². The minimum absolute atomic E-state index is 0.0191. The number of aromatic hydroxyl groups is 2. The van der Waals surface area contributed by atoms with Crippen LogP contribution >= 0.6 is 11.8 Å². The predicted octanol–water partition coefficient (Wildman–Crippen LogP) is -0.849. The average molecular weight is 1920 g/mol. The van der Waals surface area contributed by atoms with E-state index in [1.54, 1.807) is 91.1 Å². The summed E-state index contributed by atoms with van der Waals surface area (Å²) in [7, 11) is 4.92. The molecule has 15 amide bonds. The summed E-state index contributed by atoms with van der Waals surface area (Å²) in [5.74, 6) is -22.4. The van der Waals surface area contributed by atoms with Gasteiger partial charge in [0.15, 0.2) is 11.6 Å². The Balaban J connectivity index is 1.07. The van der Waals surface area contributed by atoms with E-state index in [9.17, 15) is 63.5 Å². The van der Waals surface area contributed by atoms with Crippen molar-refractivity contribution in [1.29, 1.82) is 0 Å². The van der Waals surface area contributed by atoms with Crippen LogP contribution in [0.25, 0.3) is 10.9 Å². The van der Waals surface area contributed by atoms with Crippen LogP contribution in [-0.4, -0.2) is 313 Å². The molecule has 3 aliphatic heterocycles. The number of nitrogens with two attached hydrogens (primary N) is 2. The molecule has 39 nitrogen and oxygen atoms in total. The van der Waals surface area contributed by atoms with Crippen molar-refractivity contribution in [1.82, 2.24) is 77.3 Å². The van der Waals surface area contributed by atoms with Gasteiger partial charge in [-0.3, -0.25) is 76.7 Å². The number of carboxylic acids is 1. The highest BCUT2D eigenvalue weighted by atomic mass is 32.2. The van der Waals surface area contributed by atoms with E-state index in [0.717, 1.165) is 42.7 Å². The lowest BCUT2D eigenvalue weighted by Gasteiger charge is -2.37. The molecule has 1 aromatic heterocycles. The van der Waals surface area contributed by atoms with Crippen LogP contribution < -0.4 is 59.3 Å². The first kappa shape index (κ1) is 105. The lowest BCUT2D eigenvalue weighted by molar-refractivity contribution is -0.153. The number of aliphatic hydroxyl groups excluding tert-OH is 2. The molecule has 0 radical (unpaired) electrons. The molecule has 0 bridgehead atoms. The van der Waals surface area contributed by atoms with Gasteiger partial charge in [0, 0.05) is 129 Å². The van der Waals surface area contributed by atoms with Gasteiger partial charge in [0.1, 0.15) is 90.0 Å². The number of phenolic OH excluding ortho intramolecular Hbond substituents is 2. The molecule has 0 unspecified atom stereocenters. The number of aliphatic hydroxyl groups is 2. The number of aromatic nitrogens is 1. The number of primary amides is 1. The number of carboxylic acid groups (broad SMARTS) is 1. The fourth-order valence-corrected chi connectivity index (χ4v) is 17.5. The number of para-hydroxylation sites is 1. The smallest absolute Gasteiger partial charge is 0.305 e. The van der Waals surface area contributed by atoms with Crippen molar-refractivity contribution in [3.8, 4) is 11.5 Å². The number of likely N-dealkylation sites (N-methyl/N-ethyl adjacent to an activating group) is 3. The van der Waals surface area contributed by atoms with Crippen molar-refractivity contribution in [2.75, 3.05) is 72.5 Å². The Labute approximate surface area is 792 Å². The van der Waals surface area contributed by atoms with Gasteiger partial charge in [-0.2, -0.15) is 0 Å². The van der Waals surface area contributed by atoms with E-state index in [2.05, 4.69) is 52.8 Å². The lowest BCUT2D eigenvalue weighted by atomic mass is 9.98. The summed E-state index contributed by atoms with van der Waals surface area (Å²) in [5, 5.41) is 78.3. The third-order valence-corrected chi connectivity index (χ3v) is 25.2. The van der Waals surface area contributed by atoms with Gasteiger partial charge in [0.2, 0.25) is 88.6 Å². The van der Waals surface area contributed by atoms with Crippen molar-refractivity contribution >= 4 is 117 Å². The van der Waals surface area contributed by atoms with Crippen LogP contribution in [0.3, 0.4) is 0 Å². The number of aromatic amines is 1. The quantitative estimate of drug-likeness (QED) is 0.0350. The van der Waals surface area contributed by atoms with Crippen LogP contribution in [0.1, 0.15) is 85.8 Å². The van der Waals surface area contributed by atoms with Gasteiger partial charge in [0.25, 0.3) is 0 Å². The average Bonchev–Trinajstić information content (AvgIpc) is 1.72. The van der Waals surface area contributed by atoms with Crippen molar-refractivity contribution in [3.05, 3.63) is 203 Å². The van der Waals surface area contributed by atoms with E-state index >= 15 is 47.5 Å². The number of fused-ring (bicyclic) bond motifs is 3. The number of aliphatic carboxylic acids is 1. The summed E-state index contributed by atoms with van der Waals surface area (Å²) in [4.78, 5) is 247. The SMILES string of the molecule is COCC[C@H]1C(=O)N2C[C@@H](O)C[C@@H]2C(=O)N[C@@H](CC(=O)O)C(=O)N[C@@H](C(C)C)C(=O)N(C)[C@@H](Cc2ccccc2)C(=O)N[C@@H](Cc2ccc(O)cc2)C(=O)N2C[C@@H](O)C[C@@H]2C(=O)N[C@@H](Cc2c[nH]c3ccccc23)C(=O)N[C@@H](Cc2ccc(O)cc2)C(=O)N[C@@H](CCCN)C(=O)N[C@H](C(=O)NCC(N)=O)CSCC(=O)N[C@@H](Cc2ccc(F)c(F)c2)C(=O)N(C)[C@@H](Cc2ccccc2)C(=O)N1C. The van der Waals surface area contributed by atoms with Crippen LogP contribution in [0.5, 0.6) is 11.5 Å². The molecule has 0 spiro atoms. The predicted molar refractivity (Wildman–Crippen MR) is 495 cm³/mol. The highest BCUT2D eigenvalue weighted by Crippen LogP contribution is 2.29. The number of carbonyl (C=O) groups excluding carboxylic acids is 15. The summed E-state index contributed by atoms with van der Waals surface area (Å²) in [5.41, 5.74) is 14.0. The molecule has 15 atom stereocenters. The second kappa shape index (κ2) is 49.5. The zero-order chi connectivity index (χ0) is 99.6. The molecule has 137 heavy (non-hydrogen) atoms. The Morgan fingerprint density at radius 3 is 1.55 bits per heavy atom. The number of phenols is 2. The summed E-state index contributed by atoms with van der Waals surface area (Å²) < 4.78 is 35.3. The van der Waals surface area contributed by atoms with E-state index in [0.29, 0.717) is 50.5 Å². The summed E-state index contributed by atoms with van der Waals surface area (Å²) in [6.45, 7) is 0.775. The zero-order valence-electron chi connectivity index (χ0n) is 76.4. The number of H-pyrrole nitrogens is 1. The van der Waals surface area contributed by atoms with Gasteiger partial charge in [-0.05, 0) is 101 Å². The number of hydrogen-bond acceptors (Lipinski definition) is 23. The van der Waals surface area contributed by atoms with E-state index in [4.69, 9.17) is 16.2 Å². The molecule has 6 aromatic carbocycles. The highest BCUT2D eigenvalue weighted by molar-refractivity contribution is 8.00. The molecule has 10 rings (SSSR count). The second-order valence-electron chi connectivity index (χ2n) is 34.6. The number of hydrogen-bond donors (Lipinski definition) is 17. The van der Waals surface area contributed by atoms with Gasteiger partial charge in [-0.1, -0.05) is 123 Å². The highest BCUT2D eigenvalue weighted by Gasteiger charge is 2.48. The fraction of sp³-hybridized carbons (Fsp3) is 0.432. The first-order chi connectivity index (χ1) is 65.3. The summed E-state index contributed by atoms with van der Waals surface area (Å²) in [6.07, 6.45) is -6.36. The van der Waals surface area contributed by atoms with Crippen molar-refractivity contribution in [2.45, 2.75) is 182 Å². The van der Waals surface area contributed by atoms with Crippen LogP contribution in [0.2, 0.25) is 0 Å². The van der Waals surface area contributed by atoms with E-state index in [-0.39, 0.29) is 75.2 Å². The molecule has 3 saturated heterocycles. The molecule has 3 fully saturated rings. The molecule has 7 aromatic rings. The first-order valence-electron chi connectivity index (χ1n) is 44.7. The Morgan fingerprint density at radius 1 is 0.504 bits per heavy atom. The maximum absolute atomic E-state index is 15.8. The Hall–Kier alpha value is -14.0. The number of rotatable bonds is 24.